The summed E-state index contributed by atoms with van der Waals surface area (Å²) in [6, 6.07) is 13.5. The molecule has 1 heterocycles. The van der Waals surface area contributed by atoms with Gasteiger partial charge in [0.15, 0.2) is 0 Å². The quantitative estimate of drug-likeness (QED) is 0.803. The maximum Gasteiger partial charge on any atom is 0.267 e. The van der Waals surface area contributed by atoms with Crippen LogP contribution in [0.25, 0.3) is 22.0 Å². The molecule has 3 rings (SSSR count). The standard InChI is InChI=1S/C19H18N2O2/c1-11-8-9-17(23-3)12(2)18(11)14-10-16(19(20)22)21-15-7-5-4-6-13(14)15/h4-10H,1-3H3,(H2,20,22). The summed E-state index contributed by atoms with van der Waals surface area (Å²) >= 11 is 0. The second kappa shape index (κ2) is 5.72. The Bertz CT molecular complexity index is 917. The molecule has 2 N–H and O–H groups in total. The van der Waals surface area contributed by atoms with Crippen LogP contribution in [0.3, 0.4) is 0 Å². The van der Waals surface area contributed by atoms with Crippen LogP contribution in [-0.4, -0.2) is 18.0 Å². The third-order valence-electron chi connectivity index (χ3n) is 4.08. The van der Waals surface area contributed by atoms with E-state index in [1.165, 1.54) is 0 Å². The lowest BCUT2D eigenvalue weighted by Gasteiger charge is -2.16. The highest BCUT2D eigenvalue weighted by atomic mass is 16.5. The van der Waals surface area contributed by atoms with Crippen molar-refractivity contribution >= 4 is 16.8 Å². The van der Waals surface area contributed by atoms with Gasteiger partial charge in [0.1, 0.15) is 11.4 Å². The van der Waals surface area contributed by atoms with Crippen molar-refractivity contribution < 1.29 is 9.53 Å². The minimum Gasteiger partial charge on any atom is -0.496 e. The maximum atomic E-state index is 11.7. The van der Waals surface area contributed by atoms with E-state index >= 15 is 0 Å². The number of aryl methyl sites for hydroxylation is 1. The Morgan fingerprint density at radius 3 is 2.57 bits per heavy atom. The molecular formula is C19H18N2O2. The first-order valence-corrected chi connectivity index (χ1v) is 7.37. The van der Waals surface area contributed by atoms with Gasteiger partial charge in [-0.1, -0.05) is 24.3 Å². The molecule has 0 bridgehead atoms. The number of carbonyl (C=O) groups is 1. The van der Waals surface area contributed by atoms with Gasteiger partial charge in [0, 0.05) is 5.39 Å². The fraction of sp³-hybridized carbons (Fsp3) is 0.158. The molecule has 1 aromatic heterocycles. The summed E-state index contributed by atoms with van der Waals surface area (Å²) in [4.78, 5) is 16.0. The molecule has 116 valence electrons. The van der Waals surface area contributed by atoms with Gasteiger partial charge < -0.3 is 10.5 Å². The van der Waals surface area contributed by atoms with E-state index in [4.69, 9.17) is 10.5 Å². The Kier molecular flexibility index (Phi) is 3.74. The number of amides is 1. The number of aromatic nitrogens is 1. The number of primary amides is 1. The predicted octanol–water partition coefficient (Wildman–Crippen LogP) is 3.63. The molecule has 0 fully saturated rings. The van der Waals surface area contributed by atoms with Gasteiger partial charge in [0.2, 0.25) is 0 Å². The Balaban J connectivity index is 2.42. The molecule has 4 heteroatoms. The van der Waals surface area contributed by atoms with E-state index < -0.39 is 5.91 Å². The SMILES string of the molecule is COc1ccc(C)c(-c2cc(C(N)=O)nc3ccccc23)c1C. The van der Waals surface area contributed by atoms with Crippen molar-refractivity contribution in [1.82, 2.24) is 4.98 Å². The summed E-state index contributed by atoms with van der Waals surface area (Å²) in [5.41, 5.74) is 10.6. The van der Waals surface area contributed by atoms with Crippen LogP contribution in [0.15, 0.2) is 42.5 Å². The van der Waals surface area contributed by atoms with E-state index in [1.807, 2.05) is 50.2 Å². The second-order valence-electron chi connectivity index (χ2n) is 5.52. The van der Waals surface area contributed by atoms with Gasteiger partial charge in [-0.3, -0.25) is 4.79 Å². The van der Waals surface area contributed by atoms with Crippen molar-refractivity contribution in [3.8, 4) is 16.9 Å². The zero-order valence-electron chi connectivity index (χ0n) is 13.4. The van der Waals surface area contributed by atoms with E-state index in [2.05, 4.69) is 4.98 Å². The molecule has 0 unspecified atom stereocenters. The summed E-state index contributed by atoms with van der Waals surface area (Å²) in [5, 5.41) is 0.983. The van der Waals surface area contributed by atoms with Crippen molar-refractivity contribution in [2.24, 2.45) is 5.73 Å². The van der Waals surface area contributed by atoms with Gasteiger partial charge in [-0.15, -0.1) is 0 Å². The smallest absolute Gasteiger partial charge is 0.267 e. The zero-order chi connectivity index (χ0) is 16.6. The molecule has 0 spiro atoms. The van der Waals surface area contributed by atoms with Gasteiger partial charge in [0.25, 0.3) is 5.91 Å². The minimum atomic E-state index is -0.532. The normalized spacial score (nSPS) is 10.7. The van der Waals surface area contributed by atoms with Crippen molar-refractivity contribution in [1.29, 1.82) is 0 Å². The number of carbonyl (C=O) groups excluding carboxylic acids is 1. The number of benzene rings is 2. The summed E-state index contributed by atoms with van der Waals surface area (Å²) in [5.74, 6) is 0.280. The predicted molar refractivity (Wildman–Crippen MR) is 91.7 cm³/mol. The first-order valence-electron chi connectivity index (χ1n) is 7.37. The van der Waals surface area contributed by atoms with Crippen molar-refractivity contribution in [3.05, 3.63) is 59.3 Å². The number of methoxy groups -OCH3 is 1. The maximum absolute atomic E-state index is 11.7. The van der Waals surface area contributed by atoms with Crippen LogP contribution < -0.4 is 10.5 Å². The summed E-state index contributed by atoms with van der Waals surface area (Å²) in [7, 11) is 1.65. The average molecular weight is 306 g/mol. The van der Waals surface area contributed by atoms with Crippen LogP contribution >= 0.6 is 0 Å². The summed E-state index contributed by atoms with van der Waals surface area (Å²) in [6.45, 7) is 4.06. The topological polar surface area (TPSA) is 65.2 Å². The molecular weight excluding hydrogens is 288 g/mol. The van der Waals surface area contributed by atoms with Crippen LogP contribution in [0.1, 0.15) is 21.6 Å². The van der Waals surface area contributed by atoms with Gasteiger partial charge >= 0.3 is 0 Å². The van der Waals surface area contributed by atoms with E-state index in [0.29, 0.717) is 0 Å². The number of pyridine rings is 1. The van der Waals surface area contributed by atoms with E-state index in [-0.39, 0.29) is 5.69 Å². The third kappa shape index (κ3) is 2.52. The number of hydrogen-bond acceptors (Lipinski definition) is 3. The first kappa shape index (κ1) is 15.0. The lowest BCUT2D eigenvalue weighted by Crippen LogP contribution is -2.13. The molecule has 0 atom stereocenters. The number of ether oxygens (including phenoxy) is 1. The van der Waals surface area contributed by atoms with Crippen LogP contribution in [-0.2, 0) is 0 Å². The second-order valence-corrected chi connectivity index (χ2v) is 5.52. The van der Waals surface area contributed by atoms with Crippen molar-refractivity contribution in [2.75, 3.05) is 7.11 Å². The number of nitrogens with zero attached hydrogens (tertiary/aromatic N) is 1. The molecule has 0 aliphatic carbocycles. The molecule has 23 heavy (non-hydrogen) atoms. The third-order valence-corrected chi connectivity index (χ3v) is 4.08. The van der Waals surface area contributed by atoms with Crippen molar-refractivity contribution in [2.45, 2.75) is 13.8 Å². The monoisotopic (exact) mass is 306 g/mol. The largest absolute Gasteiger partial charge is 0.496 e. The van der Waals surface area contributed by atoms with Crippen LogP contribution in [0, 0.1) is 13.8 Å². The number of para-hydroxylation sites is 1. The highest BCUT2D eigenvalue weighted by Crippen LogP contribution is 2.37. The molecule has 4 nitrogen and oxygen atoms in total. The van der Waals surface area contributed by atoms with E-state index in [1.54, 1.807) is 13.2 Å². The highest BCUT2D eigenvalue weighted by Gasteiger charge is 2.16. The van der Waals surface area contributed by atoms with Crippen molar-refractivity contribution in [3.63, 3.8) is 0 Å². The Labute approximate surface area is 134 Å². The highest BCUT2D eigenvalue weighted by molar-refractivity contribution is 6.01. The van der Waals surface area contributed by atoms with Gasteiger partial charge in [-0.05, 0) is 54.3 Å². The number of hydrogen-bond donors (Lipinski definition) is 1. The molecule has 3 aromatic rings. The minimum absolute atomic E-state index is 0.264. The number of fused-ring (bicyclic) bond motifs is 1. The summed E-state index contributed by atoms with van der Waals surface area (Å²) in [6.07, 6.45) is 0. The Morgan fingerprint density at radius 1 is 1.13 bits per heavy atom. The Morgan fingerprint density at radius 2 is 1.87 bits per heavy atom. The van der Waals surface area contributed by atoms with Gasteiger partial charge in [-0.25, -0.2) is 4.98 Å². The van der Waals surface area contributed by atoms with Crippen LogP contribution in [0.4, 0.5) is 0 Å². The lowest BCUT2D eigenvalue weighted by atomic mass is 9.92. The molecule has 0 aliphatic rings. The van der Waals surface area contributed by atoms with Crippen LogP contribution in [0.5, 0.6) is 5.75 Å². The number of nitrogens with two attached hydrogens (primary N) is 1. The van der Waals surface area contributed by atoms with E-state index in [9.17, 15) is 4.79 Å². The zero-order valence-corrected chi connectivity index (χ0v) is 13.4. The van der Waals surface area contributed by atoms with Gasteiger partial charge in [0.05, 0.1) is 12.6 Å². The lowest BCUT2D eigenvalue weighted by molar-refractivity contribution is 0.0996. The molecule has 0 aliphatic heterocycles. The molecule has 1 amide bonds. The molecule has 0 radical (unpaired) electrons. The molecule has 0 saturated heterocycles. The average Bonchev–Trinajstić information content (AvgIpc) is 2.54. The fourth-order valence-corrected chi connectivity index (χ4v) is 2.97. The molecule has 0 saturated carbocycles. The van der Waals surface area contributed by atoms with E-state index in [0.717, 1.165) is 38.9 Å². The fourth-order valence-electron chi connectivity index (χ4n) is 2.97. The van der Waals surface area contributed by atoms with Gasteiger partial charge in [-0.2, -0.15) is 0 Å². The van der Waals surface area contributed by atoms with Crippen LogP contribution in [0.2, 0.25) is 0 Å². The Hall–Kier alpha value is -2.88. The molecule has 2 aromatic carbocycles. The number of rotatable bonds is 3. The summed E-state index contributed by atoms with van der Waals surface area (Å²) < 4.78 is 5.44. The first-order chi connectivity index (χ1) is 11.0.